The molecule has 0 fully saturated rings. The van der Waals surface area contributed by atoms with Crippen molar-refractivity contribution in [2.45, 2.75) is 6.42 Å². The molecule has 0 aliphatic heterocycles. The van der Waals surface area contributed by atoms with E-state index in [9.17, 15) is 0 Å². The van der Waals surface area contributed by atoms with Crippen molar-refractivity contribution in [2.75, 3.05) is 0 Å². The summed E-state index contributed by atoms with van der Waals surface area (Å²) in [6.45, 7) is 0. The number of fused-ring (bicyclic) bond motifs is 1. The first-order valence-corrected chi connectivity index (χ1v) is 6.32. The second kappa shape index (κ2) is 4.39. The average Bonchev–Trinajstić information content (AvgIpc) is 2.74. The summed E-state index contributed by atoms with van der Waals surface area (Å²) in [7, 11) is 0. The van der Waals surface area contributed by atoms with Crippen LogP contribution in [0.2, 0.25) is 5.15 Å². The van der Waals surface area contributed by atoms with Gasteiger partial charge < -0.3 is 0 Å². The van der Waals surface area contributed by atoms with Crippen LogP contribution >= 0.6 is 22.9 Å². The van der Waals surface area contributed by atoms with E-state index >= 15 is 0 Å². The van der Waals surface area contributed by atoms with Gasteiger partial charge in [0.05, 0.1) is 20.9 Å². The molecule has 0 saturated heterocycles. The van der Waals surface area contributed by atoms with Gasteiger partial charge in [-0.25, -0.2) is 9.97 Å². The topological polar surface area (TPSA) is 38.7 Å². The lowest BCUT2D eigenvalue weighted by Crippen LogP contribution is -1.94. The number of para-hydroxylation sites is 1. The molecule has 0 radical (unpaired) electrons. The molecule has 3 nitrogen and oxygen atoms in total. The molecule has 0 aliphatic rings. The van der Waals surface area contributed by atoms with Gasteiger partial charge in [-0.3, -0.25) is 4.98 Å². The summed E-state index contributed by atoms with van der Waals surface area (Å²) in [5.74, 6) is 0. The van der Waals surface area contributed by atoms with Crippen molar-refractivity contribution in [3.05, 3.63) is 52.5 Å². The van der Waals surface area contributed by atoms with Crippen LogP contribution < -0.4 is 0 Å². The zero-order chi connectivity index (χ0) is 11.7. The minimum Gasteiger partial charge on any atom is -0.256 e. The Kier molecular flexibility index (Phi) is 2.74. The van der Waals surface area contributed by atoms with E-state index in [1.165, 1.54) is 4.70 Å². The van der Waals surface area contributed by atoms with Gasteiger partial charge in [-0.1, -0.05) is 23.7 Å². The number of thiazole rings is 1. The summed E-state index contributed by atoms with van der Waals surface area (Å²) in [6.07, 6.45) is 3.87. The molecule has 1 aromatic carbocycles. The zero-order valence-electron chi connectivity index (χ0n) is 8.80. The van der Waals surface area contributed by atoms with Crippen molar-refractivity contribution in [3.63, 3.8) is 0 Å². The SMILES string of the molecule is Clc1nccnc1Cc1nc2ccccc2s1. The van der Waals surface area contributed by atoms with Crippen molar-refractivity contribution in [3.8, 4) is 0 Å². The summed E-state index contributed by atoms with van der Waals surface area (Å²) in [5.41, 5.74) is 1.79. The van der Waals surface area contributed by atoms with Gasteiger partial charge in [0, 0.05) is 18.8 Å². The highest BCUT2D eigenvalue weighted by Crippen LogP contribution is 2.24. The van der Waals surface area contributed by atoms with Crippen molar-refractivity contribution in [2.24, 2.45) is 0 Å². The number of hydrogen-bond acceptors (Lipinski definition) is 4. The molecule has 3 aromatic rings. The lowest BCUT2D eigenvalue weighted by molar-refractivity contribution is 1.02. The minimum atomic E-state index is 0.451. The van der Waals surface area contributed by atoms with E-state index < -0.39 is 0 Å². The Morgan fingerprint density at radius 3 is 2.76 bits per heavy atom. The van der Waals surface area contributed by atoms with Gasteiger partial charge in [-0.05, 0) is 12.1 Å². The summed E-state index contributed by atoms with van der Waals surface area (Å²) in [5, 5.41) is 1.46. The third-order valence-electron chi connectivity index (χ3n) is 2.38. The maximum absolute atomic E-state index is 5.98. The van der Waals surface area contributed by atoms with Gasteiger partial charge in [0.1, 0.15) is 0 Å². The number of nitrogens with zero attached hydrogens (tertiary/aromatic N) is 3. The predicted octanol–water partition coefficient (Wildman–Crippen LogP) is 3.33. The van der Waals surface area contributed by atoms with Crippen LogP contribution in [0.1, 0.15) is 10.7 Å². The molecule has 0 bridgehead atoms. The molecular weight excluding hydrogens is 254 g/mol. The van der Waals surface area contributed by atoms with Gasteiger partial charge in [0.2, 0.25) is 0 Å². The van der Waals surface area contributed by atoms with Crippen molar-refractivity contribution in [1.29, 1.82) is 0 Å². The van der Waals surface area contributed by atoms with E-state index in [0.717, 1.165) is 16.2 Å². The van der Waals surface area contributed by atoms with E-state index in [1.54, 1.807) is 23.7 Å². The monoisotopic (exact) mass is 261 g/mol. The van der Waals surface area contributed by atoms with Crippen LogP contribution in [0.5, 0.6) is 0 Å². The summed E-state index contributed by atoms with van der Waals surface area (Å²) in [6, 6.07) is 8.07. The second-order valence-corrected chi connectivity index (χ2v) is 5.02. The predicted molar refractivity (Wildman–Crippen MR) is 69.5 cm³/mol. The lowest BCUT2D eigenvalue weighted by Gasteiger charge is -1.97. The van der Waals surface area contributed by atoms with E-state index in [-0.39, 0.29) is 0 Å². The summed E-state index contributed by atoms with van der Waals surface area (Å²) < 4.78 is 1.18. The third kappa shape index (κ3) is 2.14. The summed E-state index contributed by atoms with van der Waals surface area (Å²) in [4.78, 5) is 12.8. The third-order valence-corrected chi connectivity index (χ3v) is 3.73. The van der Waals surface area contributed by atoms with Crippen LogP contribution in [-0.4, -0.2) is 15.0 Å². The Hall–Kier alpha value is -1.52. The smallest absolute Gasteiger partial charge is 0.150 e. The van der Waals surface area contributed by atoms with Gasteiger partial charge >= 0.3 is 0 Å². The first-order chi connectivity index (χ1) is 8.33. The maximum Gasteiger partial charge on any atom is 0.150 e. The Morgan fingerprint density at radius 1 is 1.12 bits per heavy atom. The molecule has 2 aromatic heterocycles. The molecule has 2 heterocycles. The van der Waals surface area contributed by atoms with Crippen molar-refractivity contribution < 1.29 is 0 Å². The average molecular weight is 262 g/mol. The first-order valence-electron chi connectivity index (χ1n) is 5.13. The van der Waals surface area contributed by atoms with Crippen LogP contribution in [-0.2, 0) is 6.42 Å². The molecule has 17 heavy (non-hydrogen) atoms. The van der Waals surface area contributed by atoms with E-state index in [0.29, 0.717) is 11.6 Å². The molecule has 5 heteroatoms. The number of rotatable bonds is 2. The number of hydrogen-bond donors (Lipinski definition) is 0. The Bertz CT molecular complexity index is 632. The zero-order valence-corrected chi connectivity index (χ0v) is 10.4. The fourth-order valence-corrected chi connectivity index (χ4v) is 2.75. The van der Waals surface area contributed by atoms with Gasteiger partial charge in [0.25, 0.3) is 0 Å². The van der Waals surface area contributed by atoms with Gasteiger partial charge in [-0.2, -0.15) is 0 Å². The van der Waals surface area contributed by atoms with Gasteiger partial charge in [0.15, 0.2) is 5.15 Å². The maximum atomic E-state index is 5.98. The normalized spacial score (nSPS) is 10.9. The number of halogens is 1. The summed E-state index contributed by atoms with van der Waals surface area (Å²) >= 11 is 7.64. The van der Waals surface area contributed by atoms with Gasteiger partial charge in [-0.15, -0.1) is 11.3 Å². The molecular formula is C12H8ClN3S. The second-order valence-electron chi connectivity index (χ2n) is 3.55. The van der Waals surface area contributed by atoms with Crippen molar-refractivity contribution >= 4 is 33.2 Å². The first kappa shape index (κ1) is 10.6. The fourth-order valence-electron chi connectivity index (χ4n) is 1.61. The van der Waals surface area contributed by atoms with Crippen molar-refractivity contribution in [1.82, 2.24) is 15.0 Å². The minimum absolute atomic E-state index is 0.451. The highest BCUT2D eigenvalue weighted by Gasteiger charge is 2.08. The molecule has 0 unspecified atom stereocenters. The standard InChI is InChI=1S/C12H8ClN3S/c13-12-9(14-5-6-15-12)7-11-16-8-3-1-2-4-10(8)17-11/h1-6H,7H2. The highest BCUT2D eigenvalue weighted by molar-refractivity contribution is 7.18. The van der Waals surface area contributed by atoms with E-state index in [1.807, 2.05) is 18.2 Å². The molecule has 84 valence electrons. The van der Waals surface area contributed by atoms with E-state index in [2.05, 4.69) is 21.0 Å². The molecule has 0 aliphatic carbocycles. The van der Waals surface area contributed by atoms with Crippen LogP contribution in [0.3, 0.4) is 0 Å². The lowest BCUT2D eigenvalue weighted by atomic mass is 10.3. The van der Waals surface area contributed by atoms with Crippen LogP contribution in [0.15, 0.2) is 36.7 Å². The molecule has 0 N–H and O–H groups in total. The Morgan fingerprint density at radius 2 is 1.94 bits per heavy atom. The molecule has 0 saturated carbocycles. The van der Waals surface area contributed by atoms with Crippen LogP contribution in [0, 0.1) is 0 Å². The highest BCUT2D eigenvalue weighted by atomic mass is 35.5. The Balaban J connectivity index is 1.98. The Labute approximate surface area is 107 Å². The van der Waals surface area contributed by atoms with Crippen LogP contribution in [0.25, 0.3) is 10.2 Å². The molecule has 0 amide bonds. The van der Waals surface area contributed by atoms with Crippen LogP contribution in [0.4, 0.5) is 0 Å². The van der Waals surface area contributed by atoms with E-state index in [4.69, 9.17) is 11.6 Å². The fraction of sp³-hybridized carbons (Fsp3) is 0.0833. The molecule has 3 rings (SSSR count). The quantitative estimate of drug-likeness (QED) is 0.710. The molecule has 0 atom stereocenters. The molecule has 0 spiro atoms. The number of aromatic nitrogens is 3. The largest absolute Gasteiger partial charge is 0.256 e. The number of benzene rings is 1.